The molecule has 0 heterocycles. The van der Waals surface area contributed by atoms with Crippen LogP contribution in [0.15, 0.2) is 0 Å². The van der Waals surface area contributed by atoms with E-state index in [1.54, 1.807) is 7.11 Å². The molecule has 7 heteroatoms. The monoisotopic (exact) mass is 436 g/mol. The zero-order chi connectivity index (χ0) is 21.8. The second-order valence-corrected chi connectivity index (χ2v) is 7.14. The Hall–Kier alpha value is -0.280. The smallest absolute Gasteiger partial charge is 0.0701 e. The van der Waals surface area contributed by atoms with Gasteiger partial charge >= 0.3 is 0 Å². The van der Waals surface area contributed by atoms with E-state index in [9.17, 15) is 0 Å². The van der Waals surface area contributed by atoms with Gasteiger partial charge in [-0.15, -0.1) is 0 Å². The van der Waals surface area contributed by atoms with Gasteiger partial charge in [-0.1, -0.05) is 51.9 Å². The van der Waals surface area contributed by atoms with E-state index in [-0.39, 0.29) is 0 Å². The van der Waals surface area contributed by atoms with Crippen LogP contribution in [0.5, 0.6) is 0 Å². The third kappa shape index (κ3) is 27.7. The van der Waals surface area contributed by atoms with Crippen LogP contribution in [0.25, 0.3) is 0 Å². The van der Waals surface area contributed by atoms with Gasteiger partial charge in [-0.2, -0.15) is 0 Å². The molecule has 0 spiro atoms. The molecule has 0 aromatic rings. The first-order valence-corrected chi connectivity index (χ1v) is 11.9. The molecule has 0 atom stereocenters. The molecule has 0 aromatic carbocycles. The van der Waals surface area contributed by atoms with Gasteiger partial charge in [0.15, 0.2) is 0 Å². The lowest BCUT2D eigenvalue weighted by Crippen LogP contribution is -2.14. The summed E-state index contributed by atoms with van der Waals surface area (Å²) in [5, 5.41) is 0. The van der Waals surface area contributed by atoms with Crippen LogP contribution in [0, 0.1) is 0 Å². The van der Waals surface area contributed by atoms with Crippen LogP contribution in [0.2, 0.25) is 0 Å². The summed E-state index contributed by atoms with van der Waals surface area (Å²) in [5.74, 6) is 0. The molecular formula is C23H48O7. The first-order chi connectivity index (χ1) is 14.9. The maximum atomic E-state index is 5.59. The van der Waals surface area contributed by atoms with Gasteiger partial charge in [0.1, 0.15) is 0 Å². The van der Waals surface area contributed by atoms with Crippen molar-refractivity contribution in [2.75, 3.05) is 93.0 Å². The Kier molecular flexibility index (Phi) is 28.5. The first kappa shape index (κ1) is 29.7. The van der Waals surface area contributed by atoms with Gasteiger partial charge < -0.3 is 33.2 Å². The van der Waals surface area contributed by atoms with Gasteiger partial charge in [0.25, 0.3) is 0 Å². The van der Waals surface area contributed by atoms with Crippen molar-refractivity contribution in [1.82, 2.24) is 0 Å². The number of hydrogen-bond donors (Lipinski definition) is 0. The molecule has 0 amide bonds. The van der Waals surface area contributed by atoms with Crippen LogP contribution in [0.1, 0.15) is 58.3 Å². The number of ether oxygens (including phenoxy) is 7. The quantitative estimate of drug-likeness (QED) is 0.181. The van der Waals surface area contributed by atoms with E-state index in [1.807, 2.05) is 0 Å². The highest BCUT2D eigenvalue weighted by atomic mass is 16.6. The SMILES string of the molecule is CCCCCCCCCCOCCOCCOCCOCCOCCOCCOC. The Morgan fingerprint density at radius 2 is 0.633 bits per heavy atom. The molecule has 0 N–H and O–H groups in total. The standard InChI is InChI=1S/C23H48O7/c1-3-4-5-6-7-8-9-10-11-25-14-15-27-18-19-29-22-23-30-21-20-28-17-16-26-13-12-24-2/h3-23H2,1-2H3. The summed E-state index contributed by atoms with van der Waals surface area (Å²) in [5.41, 5.74) is 0. The predicted molar refractivity (Wildman–Crippen MR) is 119 cm³/mol. The lowest BCUT2D eigenvalue weighted by molar-refractivity contribution is -0.0191. The van der Waals surface area contributed by atoms with Crippen molar-refractivity contribution in [2.24, 2.45) is 0 Å². The van der Waals surface area contributed by atoms with E-state index in [4.69, 9.17) is 33.2 Å². The van der Waals surface area contributed by atoms with Gasteiger partial charge in [0.2, 0.25) is 0 Å². The Bertz CT molecular complexity index is 265. The zero-order valence-electron chi connectivity index (χ0n) is 19.7. The fraction of sp³-hybridized carbons (Fsp3) is 1.00. The highest BCUT2D eigenvalue weighted by Gasteiger charge is 1.95. The van der Waals surface area contributed by atoms with Crippen molar-refractivity contribution in [3.63, 3.8) is 0 Å². The minimum Gasteiger partial charge on any atom is -0.382 e. The van der Waals surface area contributed by atoms with Crippen LogP contribution < -0.4 is 0 Å². The second kappa shape index (κ2) is 28.7. The summed E-state index contributed by atoms with van der Waals surface area (Å²) < 4.78 is 37.5. The molecule has 0 fully saturated rings. The Labute approximate surface area is 185 Å². The van der Waals surface area contributed by atoms with E-state index in [0.29, 0.717) is 79.3 Å². The minimum atomic E-state index is 0.564. The molecule has 0 radical (unpaired) electrons. The average molecular weight is 437 g/mol. The molecule has 0 unspecified atom stereocenters. The van der Waals surface area contributed by atoms with Crippen molar-refractivity contribution in [2.45, 2.75) is 58.3 Å². The summed E-state index contributed by atoms with van der Waals surface area (Å²) >= 11 is 0. The topological polar surface area (TPSA) is 64.6 Å². The van der Waals surface area contributed by atoms with E-state index < -0.39 is 0 Å². The normalized spacial score (nSPS) is 11.4. The second-order valence-electron chi connectivity index (χ2n) is 7.14. The molecule has 0 aliphatic heterocycles. The van der Waals surface area contributed by atoms with Crippen molar-refractivity contribution >= 4 is 0 Å². The number of hydrogen-bond acceptors (Lipinski definition) is 7. The Morgan fingerprint density at radius 3 is 1.00 bits per heavy atom. The highest BCUT2D eigenvalue weighted by molar-refractivity contribution is 4.46. The van der Waals surface area contributed by atoms with E-state index >= 15 is 0 Å². The molecule has 7 nitrogen and oxygen atoms in total. The molecule has 0 aliphatic carbocycles. The molecule has 182 valence electrons. The Morgan fingerprint density at radius 1 is 0.333 bits per heavy atom. The summed E-state index contributed by atoms with van der Waals surface area (Å²) in [4.78, 5) is 0. The van der Waals surface area contributed by atoms with Crippen LogP contribution in [-0.4, -0.2) is 93.0 Å². The molecular weight excluding hydrogens is 388 g/mol. The fourth-order valence-electron chi connectivity index (χ4n) is 2.68. The molecule has 0 saturated carbocycles. The molecule has 0 aliphatic rings. The molecule has 30 heavy (non-hydrogen) atoms. The maximum absolute atomic E-state index is 5.59. The lowest BCUT2D eigenvalue weighted by Gasteiger charge is -2.08. The lowest BCUT2D eigenvalue weighted by atomic mass is 10.1. The fourth-order valence-corrected chi connectivity index (χ4v) is 2.68. The van der Waals surface area contributed by atoms with Gasteiger partial charge in [-0.05, 0) is 6.42 Å². The van der Waals surface area contributed by atoms with Crippen molar-refractivity contribution in [1.29, 1.82) is 0 Å². The number of methoxy groups -OCH3 is 1. The molecule has 0 rings (SSSR count). The van der Waals surface area contributed by atoms with Crippen LogP contribution in [-0.2, 0) is 33.2 Å². The largest absolute Gasteiger partial charge is 0.382 e. The zero-order valence-corrected chi connectivity index (χ0v) is 19.7. The van der Waals surface area contributed by atoms with Gasteiger partial charge in [0.05, 0.1) is 79.3 Å². The first-order valence-electron chi connectivity index (χ1n) is 11.9. The molecule has 0 bridgehead atoms. The third-order valence-corrected chi connectivity index (χ3v) is 4.43. The summed E-state index contributed by atoms with van der Waals surface area (Å²) in [6, 6.07) is 0. The maximum Gasteiger partial charge on any atom is 0.0701 e. The van der Waals surface area contributed by atoms with Crippen molar-refractivity contribution in [3.05, 3.63) is 0 Å². The predicted octanol–water partition coefficient (Wildman–Crippen LogP) is 3.87. The summed E-state index contributed by atoms with van der Waals surface area (Å²) in [7, 11) is 1.66. The van der Waals surface area contributed by atoms with Crippen molar-refractivity contribution in [3.8, 4) is 0 Å². The Balaban J connectivity index is 2.97. The van der Waals surface area contributed by atoms with E-state index in [1.165, 1.54) is 44.9 Å². The number of rotatable bonds is 27. The summed E-state index contributed by atoms with van der Waals surface area (Å²) in [6.45, 7) is 10.2. The van der Waals surface area contributed by atoms with Crippen LogP contribution in [0.3, 0.4) is 0 Å². The molecule has 0 saturated heterocycles. The van der Waals surface area contributed by atoms with Crippen LogP contribution in [0.4, 0.5) is 0 Å². The van der Waals surface area contributed by atoms with E-state index in [2.05, 4.69) is 6.92 Å². The molecule has 0 aromatic heterocycles. The van der Waals surface area contributed by atoms with Gasteiger partial charge in [-0.3, -0.25) is 0 Å². The van der Waals surface area contributed by atoms with Crippen LogP contribution >= 0.6 is 0 Å². The number of unbranched alkanes of at least 4 members (excludes halogenated alkanes) is 7. The average Bonchev–Trinajstić information content (AvgIpc) is 2.76. The van der Waals surface area contributed by atoms with Gasteiger partial charge in [-0.25, -0.2) is 0 Å². The van der Waals surface area contributed by atoms with E-state index in [0.717, 1.165) is 13.0 Å². The van der Waals surface area contributed by atoms with Crippen molar-refractivity contribution < 1.29 is 33.2 Å². The third-order valence-electron chi connectivity index (χ3n) is 4.43. The summed E-state index contributed by atoms with van der Waals surface area (Å²) in [6.07, 6.45) is 10.6. The minimum absolute atomic E-state index is 0.564. The highest BCUT2D eigenvalue weighted by Crippen LogP contribution is 2.08. The van der Waals surface area contributed by atoms with Gasteiger partial charge in [0, 0.05) is 13.7 Å².